The fraction of sp³-hybridized carbons (Fsp3) is 0.105. The number of rotatable bonds is 5. The van der Waals surface area contributed by atoms with E-state index in [0.717, 1.165) is 11.4 Å². The van der Waals surface area contributed by atoms with E-state index in [2.05, 4.69) is 26.7 Å². The van der Waals surface area contributed by atoms with Gasteiger partial charge < -0.3 is 15.4 Å². The summed E-state index contributed by atoms with van der Waals surface area (Å²) in [5, 5.41) is 15.6. The third kappa shape index (κ3) is 3.85. The first kappa shape index (κ1) is 16.3. The van der Waals surface area contributed by atoms with Crippen molar-refractivity contribution in [2.75, 3.05) is 17.7 Å². The Balaban J connectivity index is 1.89. The summed E-state index contributed by atoms with van der Waals surface area (Å²) in [6.07, 6.45) is 0. The van der Waals surface area contributed by atoms with Crippen molar-refractivity contribution >= 4 is 23.0 Å². The van der Waals surface area contributed by atoms with Crippen LogP contribution in [0.4, 0.5) is 23.0 Å². The predicted octanol–water partition coefficient (Wildman–Crippen LogP) is 4.15. The van der Waals surface area contributed by atoms with Crippen molar-refractivity contribution in [3.8, 4) is 11.8 Å². The highest BCUT2D eigenvalue weighted by molar-refractivity contribution is 5.69. The molecule has 0 amide bonds. The molecule has 1 heterocycles. The highest BCUT2D eigenvalue weighted by atomic mass is 16.5. The third-order valence-corrected chi connectivity index (χ3v) is 3.52. The first-order valence-corrected chi connectivity index (χ1v) is 7.71. The van der Waals surface area contributed by atoms with Gasteiger partial charge in [0.2, 0.25) is 0 Å². The molecular formula is C19H17N5O. The van der Waals surface area contributed by atoms with Gasteiger partial charge in [-0.25, -0.2) is 9.97 Å². The Labute approximate surface area is 146 Å². The van der Waals surface area contributed by atoms with Gasteiger partial charge in [0.05, 0.1) is 24.0 Å². The van der Waals surface area contributed by atoms with E-state index in [1.165, 1.54) is 0 Å². The van der Waals surface area contributed by atoms with Gasteiger partial charge in [-0.2, -0.15) is 5.26 Å². The second-order valence-electron chi connectivity index (χ2n) is 5.29. The molecule has 6 heteroatoms. The third-order valence-electron chi connectivity index (χ3n) is 3.52. The van der Waals surface area contributed by atoms with Crippen LogP contribution in [0, 0.1) is 18.3 Å². The molecule has 2 N–H and O–H groups in total. The summed E-state index contributed by atoms with van der Waals surface area (Å²) in [5.74, 6) is 2.57. The van der Waals surface area contributed by atoms with Crippen LogP contribution in [0.15, 0.2) is 54.6 Å². The topological polar surface area (TPSA) is 82.9 Å². The van der Waals surface area contributed by atoms with Crippen molar-refractivity contribution in [1.82, 2.24) is 9.97 Å². The van der Waals surface area contributed by atoms with E-state index < -0.39 is 0 Å². The first-order valence-electron chi connectivity index (χ1n) is 7.71. The van der Waals surface area contributed by atoms with E-state index in [1.807, 2.05) is 49.4 Å². The normalized spacial score (nSPS) is 9.96. The van der Waals surface area contributed by atoms with Crippen LogP contribution >= 0.6 is 0 Å². The number of nitriles is 1. The molecule has 0 spiro atoms. The van der Waals surface area contributed by atoms with Gasteiger partial charge in [0.15, 0.2) is 0 Å². The van der Waals surface area contributed by atoms with Gasteiger partial charge in [-0.1, -0.05) is 24.3 Å². The average molecular weight is 331 g/mol. The summed E-state index contributed by atoms with van der Waals surface area (Å²) in [4.78, 5) is 8.79. The minimum absolute atomic E-state index is 0.554. The maximum Gasteiger partial charge on any atom is 0.142 e. The summed E-state index contributed by atoms with van der Waals surface area (Å²) in [6, 6.07) is 18.8. The zero-order chi connectivity index (χ0) is 17.6. The van der Waals surface area contributed by atoms with Gasteiger partial charge >= 0.3 is 0 Å². The van der Waals surface area contributed by atoms with Crippen LogP contribution in [0.25, 0.3) is 0 Å². The van der Waals surface area contributed by atoms with Gasteiger partial charge in [0.1, 0.15) is 29.3 Å². The fourth-order valence-electron chi connectivity index (χ4n) is 2.41. The molecule has 0 radical (unpaired) electrons. The van der Waals surface area contributed by atoms with Gasteiger partial charge in [0, 0.05) is 6.07 Å². The molecular weight excluding hydrogens is 314 g/mol. The van der Waals surface area contributed by atoms with Crippen molar-refractivity contribution in [3.05, 3.63) is 66.0 Å². The van der Waals surface area contributed by atoms with E-state index in [1.54, 1.807) is 19.2 Å². The van der Waals surface area contributed by atoms with Crippen LogP contribution in [0.3, 0.4) is 0 Å². The second kappa shape index (κ2) is 7.32. The maximum absolute atomic E-state index is 9.21. The van der Waals surface area contributed by atoms with Gasteiger partial charge in [-0.15, -0.1) is 0 Å². The average Bonchev–Trinajstić information content (AvgIpc) is 2.62. The van der Waals surface area contributed by atoms with Gasteiger partial charge in [-0.3, -0.25) is 0 Å². The number of nitrogens with one attached hydrogen (secondary N) is 2. The molecule has 0 aliphatic heterocycles. The molecule has 0 aliphatic carbocycles. The summed E-state index contributed by atoms with van der Waals surface area (Å²) >= 11 is 0. The summed E-state index contributed by atoms with van der Waals surface area (Å²) < 4.78 is 5.35. The van der Waals surface area contributed by atoms with E-state index in [-0.39, 0.29) is 0 Å². The number of hydrogen-bond donors (Lipinski definition) is 2. The van der Waals surface area contributed by atoms with Crippen molar-refractivity contribution in [3.63, 3.8) is 0 Å². The molecule has 0 aliphatic rings. The predicted molar refractivity (Wildman–Crippen MR) is 97.5 cm³/mol. The number of aromatic nitrogens is 2. The number of ether oxygens (including phenoxy) is 1. The van der Waals surface area contributed by atoms with Crippen LogP contribution in [0.5, 0.6) is 5.75 Å². The lowest BCUT2D eigenvalue weighted by molar-refractivity contribution is 0.417. The minimum Gasteiger partial charge on any atom is -0.495 e. The Morgan fingerprint density at radius 3 is 2.20 bits per heavy atom. The Morgan fingerprint density at radius 1 is 0.920 bits per heavy atom. The SMILES string of the molecule is COc1ccccc1Nc1cc(Nc2ccccc2C#N)nc(C)n1. The highest BCUT2D eigenvalue weighted by Crippen LogP contribution is 2.27. The number of nitrogens with zero attached hydrogens (tertiary/aromatic N) is 3. The number of benzene rings is 2. The number of anilines is 4. The van der Waals surface area contributed by atoms with E-state index >= 15 is 0 Å². The standard InChI is InChI=1S/C19H17N5O/c1-13-21-18(23-15-8-4-3-7-14(15)12-20)11-19(22-13)24-16-9-5-6-10-17(16)25-2/h3-11H,1-2H3,(H2,21,22,23,24). The summed E-state index contributed by atoms with van der Waals surface area (Å²) in [7, 11) is 1.62. The highest BCUT2D eigenvalue weighted by Gasteiger charge is 2.08. The monoisotopic (exact) mass is 331 g/mol. The van der Waals surface area contributed by atoms with Crippen molar-refractivity contribution in [2.45, 2.75) is 6.92 Å². The van der Waals surface area contributed by atoms with Crippen LogP contribution in [-0.4, -0.2) is 17.1 Å². The largest absolute Gasteiger partial charge is 0.495 e. The van der Waals surface area contributed by atoms with Crippen molar-refractivity contribution in [2.24, 2.45) is 0 Å². The summed E-state index contributed by atoms with van der Waals surface area (Å²) in [5.41, 5.74) is 2.07. The summed E-state index contributed by atoms with van der Waals surface area (Å²) in [6.45, 7) is 1.81. The van der Waals surface area contributed by atoms with Crippen LogP contribution in [0.2, 0.25) is 0 Å². The molecule has 0 saturated heterocycles. The molecule has 0 atom stereocenters. The molecule has 3 aromatic rings. The minimum atomic E-state index is 0.554. The van der Waals surface area contributed by atoms with Gasteiger partial charge in [-0.05, 0) is 31.2 Å². The van der Waals surface area contributed by atoms with E-state index in [4.69, 9.17) is 4.74 Å². The van der Waals surface area contributed by atoms with E-state index in [9.17, 15) is 5.26 Å². The van der Waals surface area contributed by atoms with Crippen LogP contribution < -0.4 is 15.4 Å². The molecule has 124 valence electrons. The number of methoxy groups -OCH3 is 1. The Bertz CT molecular complexity index is 933. The zero-order valence-corrected chi connectivity index (χ0v) is 13.9. The molecule has 1 aromatic heterocycles. The second-order valence-corrected chi connectivity index (χ2v) is 5.29. The molecule has 0 bridgehead atoms. The molecule has 25 heavy (non-hydrogen) atoms. The lowest BCUT2D eigenvalue weighted by Gasteiger charge is -2.13. The lowest BCUT2D eigenvalue weighted by atomic mass is 10.2. The number of aryl methyl sites for hydroxylation is 1. The Morgan fingerprint density at radius 2 is 1.52 bits per heavy atom. The lowest BCUT2D eigenvalue weighted by Crippen LogP contribution is -2.03. The Hall–Kier alpha value is -3.59. The molecule has 0 unspecified atom stereocenters. The maximum atomic E-state index is 9.21. The molecule has 6 nitrogen and oxygen atoms in total. The molecule has 0 fully saturated rings. The molecule has 2 aromatic carbocycles. The van der Waals surface area contributed by atoms with Crippen LogP contribution in [-0.2, 0) is 0 Å². The van der Waals surface area contributed by atoms with Gasteiger partial charge in [0.25, 0.3) is 0 Å². The molecule has 3 rings (SSSR count). The molecule has 0 saturated carbocycles. The van der Waals surface area contributed by atoms with Crippen molar-refractivity contribution < 1.29 is 4.74 Å². The first-order chi connectivity index (χ1) is 12.2. The number of hydrogen-bond acceptors (Lipinski definition) is 6. The Kier molecular flexibility index (Phi) is 4.77. The van der Waals surface area contributed by atoms with E-state index in [0.29, 0.717) is 28.7 Å². The zero-order valence-electron chi connectivity index (χ0n) is 13.9. The quantitative estimate of drug-likeness (QED) is 0.730. The number of para-hydroxylation sites is 3. The van der Waals surface area contributed by atoms with Crippen molar-refractivity contribution in [1.29, 1.82) is 5.26 Å². The smallest absolute Gasteiger partial charge is 0.142 e. The fourth-order valence-corrected chi connectivity index (χ4v) is 2.41. The van der Waals surface area contributed by atoms with Crippen LogP contribution in [0.1, 0.15) is 11.4 Å².